The van der Waals surface area contributed by atoms with E-state index < -0.39 is 0 Å². The van der Waals surface area contributed by atoms with Crippen molar-refractivity contribution in [1.82, 2.24) is 0 Å². The Balaban J connectivity index is 3.53. The summed E-state index contributed by atoms with van der Waals surface area (Å²) in [6.07, 6.45) is 13.4. The van der Waals surface area contributed by atoms with E-state index in [1.165, 1.54) is 5.57 Å². The summed E-state index contributed by atoms with van der Waals surface area (Å²) in [5.74, 6) is 2.82. The molecule has 0 N–H and O–H groups in total. The maximum atomic E-state index is 10.4. The van der Waals surface area contributed by atoms with Gasteiger partial charge in [-0.3, -0.25) is 0 Å². The molecule has 0 amide bonds. The number of carbonyl (C=O) groups excluding carboxylic acids is 1. The predicted octanol–water partition coefficient (Wildman–Crippen LogP) is 3.35. The van der Waals surface area contributed by atoms with Gasteiger partial charge in [-0.1, -0.05) is 18.6 Å². The van der Waals surface area contributed by atoms with Gasteiger partial charge in [0.25, 0.3) is 0 Å². The SMILES string of the molecule is C#CCC/C=C(/C)CCC[C@H](C)C=O. The second-order valence-electron chi connectivity index (χ2n) is 3.80. The van der Waals surface area contributed by atoms with Crippen LogP contribution in [0.1, 0.15) is 46.0 Å². The molecule has 0 aliphatic carbocycles. The summed E-state index contributed by atoms with van der Waals surface area (Å²) in [6, 6.07) is 0. The molecule has 0 bridgehead atoms. The van der Waals surface area contributed by atoms with Gasteiger partial charge < -0.3 is 4.79 Å². The van der Waals surface area contributed by atoms with Crippen molar-refractivity contribution in [2.75, 3.05) is 0 Å². The summed E-state index contributed by atoms with van der Waals surface area (Å²) in [4.78, 5) is 10.4. The van der Waals surface area contributed by atoms with Gasteiger partial charge in [0.05, 0.1) is 0 Å². The molecule has 0 aromatic heterocycles. The highest BCUT2D eigenvalue weighted by Gasteiger charge is 1.98. The van der Waals surface area contributed by atoms with Crippen molar-refractivity contribution >= 4 is 6.29 Å². The lowest BCUT2D eigenvalue weighted by Gasteiger charge is -2.03. The first-order valence-corrected chi connectivity index (χ1v) is 5.25. The van der Waals surface area contributed by atoms with E-state index in [4.69, 9.17) is 6.42 Å². The zero-order valence-electron chi connectivity index (χ0n) is 9.25. The molecular weight excluding hydrogens is 172 g/mol. The number of rotatable bonds is 7. The first-order chi connectivity index (χ1) is 6.70. The molecule has 0 unspecified atom stereocenters. The van der Waals surface area contributed by atoms with Crippen LogP contribution in [-0.4, -0.2) is 6.29 Å². The van der Waals surface area contributed by atoms with Gasteiger partial charge in [0.15, 0.2) is 0 Å². The van der Waals surface area contributed by atoms with E-state index in [9.17, 15) is 4.79 Å². The van der Waals surface area contributed by atoms with E-state index in [1.54, 1.807) is 0 Å². The maximum Gasteiger partial charge on any atom is 0.122 e. The van der Waals surface area contributed by atoms with Crippen molar-refractivity contribution < 1.29 is 4.79 Å². The first-order valence-electron chi connectivity index (χ1n) is 5.25. The van der Waals surface area contributed by atoms with Crippen LogP contribution in [0.4, 0.5) is 0 Å². The van der Waals surface area contributed by atoms with Gasteiger partial charge in [-0.2, -0.15) is 0 Å². The quantitative estimate of drug-likeness (QED) is 0.262. The van der Waals surface area contributed by atoms with E-state index in [-0.39, 0.29) is 5.92 Å². The molecule has 78 valence electrons. The zero-order valence-corrected chi connectivity index (χ0v) is 9.25. The molecule has 0 saturated heterocycles. The van der Waals surface area contributed by atoms with Crippen LogP contribution >= 0.6 is 0 Å². The lowest BCUT2D eigenvalue weighted by atomic mass is 10.0. The smallest absolute Gasteiger partial charge is 0.122 e. The molecule has 0 aliphatic heterocycles. The Hall–Kier alpha value is -1.03. The van der Waals surface area contributed by atoms with E-state index in [1.807, 2.05) is 6.92 Å². The minimum Gasteiger partial charge on any atom is -0.303 e. The lowest BCUT2D eigenvalue weighted by molar-refractivity contribution is -0.110. The molecule has 0 saturated carbocycles. The molecule has 0 aromatic rings. The molecule has 0 aromatic carbocycles. The molecular formula is C13H20O. The summed E-state index contributed by atoms with van der Waals surface area (Å²) in [5, 5.41) is 0. The number of hydrogen-bond acceptors (Lipinski definition) is 1. The van der Waals surface area contributed by atoms with E-state index in [0.717, 1.165) is 38.4 Å². The highest BCUT2D eigenvalue weighted by molar-refractivity contribution is 5.52. The normalized spacial score (nSPS) is 13.4. The third-order valence-corrected chi connectivity index (χ3v) is 2.24. The number of hydrogen-bond donors (Lipinski definition) is 0. The van der Waals surface area contributed by atoms with Crippen LogP contribution < -0.4 is 0 Å². The largest absolute Gasteiger partial charge is 0.303 e. The van der Waals surface area contributed by atoms with E-state index in [2.05, 4.69) is 18.9 Å². The van der Waals surface area contributed by atoms with Crippen LogP contribution in [-0.2, 0) is 4.79 Å². The zero-order chi connectivity index (χ0) is 10.8. The highest BCUT2D eigenvalue weighted by atomic mass is 16.1. The van der Waals surface area contributed by atoms with Crippen molar-refractivity contribution in [2.45, 2.75) is 46.0 Å². The third kappa shape index (κ3) is 7.61. The molecule has 14 heavy (non-hydrogen) atoms. The van der Waals surface area contributed by atoms with Crippen molar-refractivity contribution in [3.05, 3.63) is 11.6 Å². The molecule has 0 heterocycles. The second kappa shape index (κ2) is 8.56. The van der Waals surface area contributed by atoms with Crippen LogP contribution in [0.3, 0.4) is 0 Å². The Bertz CT molecular complexity index is 220. The molecule has 0 fully saturated rings. The minimum absolute atomic E-state index is 0.202. The van der Waals surface area contributed by atoms with Gasteiger partial charge in [-0.05, 0) is 32.6 Å². The topological polar surface area (TPSA) is 17.1 Å². The monoisotopic (exact) mass is 192 g/mol. The molecule has 1 nitrogen and oxygen atoms in total. The van der Waals surface area contributed by atoms with Gasteiger partial charge in [-0.25, -0.2) is 0 Å². The van der Waals surface area contributed by atoms with Gasteiger partial charge in [0.1, 0.15) is 6.29 Å². The number of unbranched alkanes of at least 4 members (excludes halogenated alkanes) is 1. The number of aldehydes is 1. The number of terminal acetylenes is 1. The fourth-order valence-electron chi connectivity index (χ4n) is 1.27. The highest BCUT2D eigenvalue weighted by Crippen LogP contribution is 2.11. The standard InChI is InChI=1S/C13H20O/c1-4-5-6-8-12(2)9-7-10-13(3)11-14/h1,8,11,13H,5-7,9-10H2,2-3H3/b12-8-/t13-/m0/s1. The van der Waals surface area contributed by atoms with Gasteiger partial charge in [0.2, 0.25) is 0 Å². The van der Waals surface area contributed by atoms with Gasteiger partial charge >= 0.3 is 0 Å². The summed E-state index contributed by atoms with van der Waals surface area (Å²) >= 11 is 0. The Labute approximate surface area is 87.6 Å². The summed E-state index contributed by atoms with van der Waals surface area (Å²) in [6.45, 7) is 4.09. The average Bonchev–Trinajstić information content (AvgIpc) is 2.18. The average molecular weight is 192 g/mol. The fourth-order valence-corrected chi connectivity index (χ4v) is 1.27. The molecule has 0 radical (unpaired) electrons. The second-order valence-corrected chi connectivity index (χ2v) is 3.80. The molecule has 1 atom stereocenters. The van der Waals surface area contributed by atoms with Crippen molar-refractivity contribution in [3.63, 3.8) is 0 Å². The summed E-state index contributed by atoms with van der Waals surface area (Å²) < 4.78 is 0. The number of allylic oxidation sites excluding steroid dienone is 2. The van der Waals surface area contributed by atoms with Crippen LogP contribution in [0.25, 0.3) is 0 Å². The third-order valence-electron chi connectivity index (χ3n) is 2.24. The van der Waals surface area contributed by atoms with Crippen LogP contribution in [0, 0.1) is 18.3 Å². The first kappa shape index (κ1) is 13.0. The Morgan fingerprint density at radius 1 is 1.57 bits per heavy atom. The minimum atomic E-state index is 0.202. The Kier molecular flexibility index (Phi) is 7.93. The number of carbonyl (C=O) groups is 1. The van der Waals surface area contributed by atoms with Crippen LogP contribution in [0.5, 0.6) is 0 Å². The summed E-state index contributed by atoms with van der Waals surface area (Å²) in [5.41, 5.74) is 1.39. The van der Waals surface area contributed by atoms with E-state index >= 15 is 0 Å². The lowest BCUT2D eigenvalue weighted by Crippen LogP contribution is -1.95. The predicted molar refractivity (Wildman–Crippen MR) is 60.9 cm³/mol. The molecule has 0 spiro atoms. The fraction of sp³-hybridized carbons (Fsp3) is 0.615. The van der Waals surface area contributed by atoms with Gasteiger partial charge in [0, 0.05) is 12.3 Å². The van der Waals surface area contributed by atoms with Crippen LogP contribution in [0.2, 0.25) is 0 Å². The summed E-state index contributed by atoms with van der Waals surface area (Å²) in [7, 11) is 0. The van der Waals surface area contributed by atoms with Crippen molar-refractivity contribution in [3.8, 4) is 12.3 Å². The van der Waals surface area contributed by atoms with Gasteiger partial charge in [-0.15, -0.1) is 12.3 Å². The Morgan fingerprint density at radius 3 is 2.86 bits per heavy atom. The molecule has 0 rings (SSSR count). The maximum absolute atomic E-state index is 10.4. The molecule has 0 aliphatic rings. The molecule has 1 heteroatoms. The van der Waals surface area contributed by atoms with E-state index in [0.29, 0.717) is 0 Å². The van der Waals surface area contributed by atoms with Crippen molar-refractivity contribution in [1.29, 1.82) is 0 Å². The van der Waals surface area contributed by atoms with Crippen LogP contribution in [0.15, 0.2) is 11.6 Å². The van der Waals surface area contributed by atoms with Crippen molar-refractivity contribution in [2.24, 2.45) is 5.92 Å². The Morgan fingerprint density at radius 2 is 2.29 bits per heavy atom.